The summed E-state index contributed by atoms with van der Waals surface area (Å²) in [6.07, 6.45) is 8.67. The highest BCUT2D eigenvalue weighted by Gasteiger charge is 2.28. The number of carbonyl (C=O) groups excluding carboxylic acids is 1. The van der Waals surface area contributed by atoms with Gasteiger partial charge in [-0.25, -0.2) is 0 Å². The predicted molar refractivity (Wildman–Crippen MR) is 43.2 cm³/mol. The maximum atomic E-state index is 11.3. The topological polar surface area (TPSA) is 29.1 Å². The Morgan fingerprint density at radius 2 is 2.18 bits per heavy atom. The molecule has 0 aromatic heterocycles. The van der Waals surface area contributed by atoms with Crippen LogP contribution in [0.15, 0.2) is 24.3 Å². The van der Waals surface area contributed by atoms with Crippen molar-refractivity contribution in [1.82, 2.24) is 5.32 Å². The van der Waals surface area contributed by atoms with Crippen molar-refractivity contribution >= 4 is 5.78 Å². The third-order valence-electron chi connectivity index (χ3n) is 2.26. The van der Waals surface area contributed by atoms with E-state index in [4.69, 9.17) is 0 Å². The summed E-state index contributed by atoms with van der Waals surface area (Å²) in [7, 11) is 0. The fraction of sp³-hybridized carbons (Fsp3) is 0.444. The van der Waals surface area contributed by atoms with Gasteiger partial charge in [-0.2, -0.15) is 0 Å². The van der Waals surface area contributed by atoms with Gasteiger partial charge in [-0.05, 0) is 0 Å². The highest BCUT2D eigenvalue weighted by molar-refractivity contribution is 5.85. The van der Waals surface area contributed by atoms with E-state index >= 15 is 0 Å². The molecule has 1 aliphatic carbocycles. The lowest BCUT2D eigenvalue weighted by Crippen LogP contribution is -2.45. The van der Waals surface area contributed by atoms with Gasteiger partial charge < -0.3 is 5.32 Å². The molecule has 0 saturated carbocycles. The maximum Gasteiger partial charge on any atom is 0.142 e. The van der Waals surface area contributed by atoms with Crippen molar-refractivity contribution < 1.29 is 4.79 Å². The van der Waals surface area contributed by atoms with E-state index in [1.807, 2.05) is 18.2 Å². The molecule has 0 aromatic rings. The summed E-state index contributed by atoms with van der Waals surface area (Å²) in [4.78, 5) is 11.3. The fourth-order valence-electron chi connectivity index (χ4n) is 1.64. The number of nitrogens with one attached hydrogen (secondary N) is 1. The molecule has 0 radical (unpaired) electrons. The molecule has 1 heterocycles. The molecule has 2 aliphatic rings. The lowest BCUT2D eigenvalue weighted by Gasteiger charge is -2.28. The molecule has 2 unspecified atom stereocenters. The number of rotatable bonds is 0. The van der Waals surface area contributed by atoms with Crippen molar-refractivity contribution in [1.29, 1.82) is 0 Å². The summed E-state index contributed by atoms with van der Waals surface area (Å²) in [5.41, 5.74) is 0. The zero-order valence-electron chi connectivity index (χ0n) is 6.29. The SMILES string of the molecule is O=C1CCNC2C=CC=CC12. The van der Waals surface area contributed by atoms with E-state index < -0.39 is 0 Å². The Hall–Kier alpha value is -0.890. The predicted octanol–water partition coefficient (Wildman–Crippen LogP) is 0.660. The molecule has 2 atom stereocenters. The smallest absolute Gasteiger partial charge is 0.142 e. The first-order valence-corrected chi connectivity index (χ1v) is 3.99. The van der Waals surface area contributed by atoms with Crippen molar-refractivity contribution in [2.75, 3.05) is 6.54 Å². The number of carbonyl (C=O) groups is 1. The number of hydrogen-bond donors (Lipinski definition) is 1. The van der Waals surface area contributed by atoms with E-state index in [1.165, 1.54) is 0 Å². The first-order chi connectivity index (χ1) is 5.38. The summed E-state index contributed by atoms with van der Waals surface area (Å²) in [5, 5.41) is 3.29. The number of ketones is 1. The van der Waals surface area contributed by atoms with E-state index in [2.05, 4.69) is 11.4 Å². The second-order valence-corrected chi connectivity index (χ2v) is 2.99. The van der Waals surface area contributed by atoms with Crippen LogP contribution in [0.1, 0.15) is 6.42 Å². The Balaban J connectivity index is 2.20. The van der Waals surface area contributed by atoms with Crippen LogP contribution in [0.3, 0.4) is 0 Å². The molecule has 0 bridgehead atoms. The fourth-order valence-corrected chi connectivity index (χ4v) is 1.64. The van der Waals surface area contributed by atoms with Gasteiger partial charge in [0.2, 0.25) is 0 Å². The van der Waals surface area contributed by atoms with Crippen LogP contribution < -0.4 is 5.32 Å². The van der Waals surface area contributed by atoms with E-state index in [-0.39, 0.29) is 12.0 Å². The summed E-state index contributed by atoms with van der Waals surface area (Å²) in [6.45, 7) is 0.832. The molecule has 0 spiro atoms. The first kappa shape index (κ1) is 6.80. The van der Waals surface area contributed by atoms with Gasteiger partial charge in [-0.1, -0.05) is 24.3 Å². The van der Waals surface area contributed by atoms with Crippen LogP contribution in [-0.4, -0.2) is 18.4 Å². The second kappa shape index (κ2) is 2.62. The number of Topliss-reactive ketones (excluding diaryl/α,β-unsaturated/α-hetero) is 1. The van der Waals surface area contributed by atoms with Crippen LogP contribution in [-0.2, 0) is 4.79 Å². The van der Waals surface area contributed by atoms with Gasteiger partial charge >= 0.3 is 0 Å². The zero-order valence-corrected chi connectivity index (χ0v) is 6.29. The highest BCUT2D eigenvalue weighted by atomic mass is 16.1. The molecule has 0 aromatic carbocycles. The lowest BCUT2D eigenvalue weighted by molar-refractivity contribution is -0.123. The third-order valence-corrected chi connectivity index (χ3v) is 2.26. The lowest BCUT2D eigenvalue weighted by atomic mass is 9.87. The molecule has 1 saturated heterocycles. The van der Waals surface area contributed by atoms with Crippen LogP contribution in [0.4, 0.5) is 0 Å². The van der Waals surface area contributed by atoms with E-state index in [0.717, 1.165) is 6.54 Å². The Morgan fingerprint density at radius 3 is 3.00 bits per heavy atom. The maximum absolute atomic E-state index is 11.3. The van der Waals surface area contributed by atoms with Gasteiger partial charge in [0, 0.05) is 19.0 Å². The second-order valence-electron chi connectivity index (χ2n) is 2.99. The van der Waals surface area contributed by atoms with E-state index in [0.29, 0.717) is 12.2 Å². The molecule has 1 aliphatic heterocycles. The van der Waals surface area contributed by atoms with Crippen LogP contribution in [0.5, 0.6) is 0 Å². The molecule has 58 valence electrons. The van der Waals surface area contributed by atoms with Crippen LogP contribution in [0, 0.1) is 5.92 Å². The summed E-state index contributed by atoms with van der Waals surface area (Å²) in [6, 6.07) is 0.265. The molecular formula is C9H11NO. The summed E-state index contributed by atoms with van der Waals surface area (Å²) < 4.78 is 0. The molecular weight excluding hydrogens is 138 g/mol. The average molecular weight is 149 g/mol. The van der Waals surface area contributed by atoms with Crippen molar-refractivity contribution in [2.45, 2.75) is 12.5 Å². The van der Waals surface area contributed by atoms with Gasteiger partial charge in [-0.15, -0.1) is 0 Å². The molecule has 0 amide bonds. The Labute approximate surface area is 66.0 Å². The Kier molecular flexibility index (Phi) is 1.62. The minimum absolute atomic E-state index is 0.105. The summed E-state index contributed by atoms with van der Waals surface area (Å²) in [5.74, 6) is 0.475. The quantitative estimate of drug-likeness (QED) is 0.548. The minimum Gasteiger partial charge on any atom is -0.309 e. The molecule has 2 heteroatoms. The molecule has 1 fully saturated rings. The first-order valence-electron chi connectivity index (χ1n) is 3.99. The largest absolute Gasteiger partial charge is 0.309 e. The third kappa shape index (κ3) is 1.14. The zero-order chi connectivity index (χ0) is 7.68. The van der Waals surface area contributed by atoms with E-state index in [1.54, 1.807) is 0 Å². The van der Waals surface area contributed by atoms with Gasteiger partial charge in [-0.3, -0.25) is 4.79 Å². The van der Waals surface area contributed by atoms with Gasteiger partial charge in [0.25, 0.3) is 0 Å². The van der Waals surface area contributed by atoms with Gasteiger partial charge in [0.05, 0.1) is 5.92 Å². The molecule has 2 rings (SSSR count). The average Bonchev–Trinajstić information content (AvgIpc) is 2.06. The van der Waals surface area contributed by atoms with Crippen molar-refractivity contribution in [2.24, 2.45) is 5.92 Å². The van der Waals surface area contributed by atoms with Gasteiger partial charge in [0.1, 0.15) is 5.78 Å². The standard InChI is InChI=1S/C9H11NO/c11-9-5-6-10-8-4-2-1-3-7(8)9/h1-4,7-8,10H,5-6H2. The molecule has 2 nitrogen and oxygen atoms in total. The Bertz CT molecular complexity index is 230. The molecule has 1 N–H and O–H groups in total. The normalized spacial score (nSPS) is 35.5. The van der Waals surface area contributed by atoms with Crippen molar-refractivity contribution in [3.05, 3.63) is 24.3 Å². The minimum atomic E-state index is 0.105. The van der Waals surface area contributed by atoms with Crippen molar-refractivity contribution in [3.8, 4) is 0 Å². The Morgan fingerprint density at radius 1 is 1.36 bits per heavy atom. The monoisotopic (exact) mass is 149 g/mol. The van der Waals surface area contributed by atoms with Crippen molar-refractivity contribution in [3.63, 3.8) is 0 Å². The highest BCUT2D eigenvalue weighted by Crippen LogP contribution is 2.18. The number of allylic oxidation sites excluding steroid dienone is 2. The van der Waals surface area contributed by atoms with Crippen LogP contribution in [0.25, 0.3) is 0 Å². The van der Waals surface area contributed by atoms with E-state index in [9.17, 15) is 4.79 Å². The number of hydrogen-bond acceptors (Lipinski definition) is 2. The number of fused-ring (bicyclic) bond motifs is 1. The van der Waals surface area contributed by atoms with Gasteiger partial charge in [0.15, 0.2) is 0 Å². The van der Waals surface area contributed by atoms with Crippen LogP contribution in [0.2, 0.25) is 0 Å². The van der Waals surface area contributed by atoms with Crippen LogP contribution >= 0.6 is 0 Å². The number of piperidine rings is 1. The molecule has 11 heavy (non-hydrogen) atoms. The summed E-state index contributed by atoms with van der Waals surface area (Å²) >= 11 is 0.